The third-order valence-electron chi connectivity index (χ3n) is 2.54. The minimum absolute atomic E-state index is 0.262. The van der Waals surface area contributed by atoms with Crippen LogP contribution in [0, 0.1) is 6.92 Å². The first-order valence-electron chi connectivity index (χ1n) is 5.25. The third-order valence-corrected chi connectivity index (χ3v) is 2.54. The van der Waals surface area contributed by atoms with Gasteiger partial charge in [-0.15, -0.1) is 0 Å². The first kappa shape index (κ1) is 10.4. The second kappa shape index (κ2) is 4.63. The second-order valence-electron chi connectivity index (χ2n) is 3.79. The molecule has 1 aliphatic heterocycles. The Balaban J connectivity index is 1.75. The zero-order chi connectivity index (χ0) is 10.7. The van der Waals surface area contributed by atoms with Crippen LogP contribution in [0.5, 0.6) is 0 Å². The Morgan fingerprint density at radius 2 is 2.60 bits per heavy atom. The fourth-order valence-corrected chi connectivity index (χ4v) is 1.71. The van der Waals surface area contributed by atoms with Crippen molar-refractivity contribution >= 4 is 5.82 Å². The summed E-state index contributed by atoms with van der Waals surface area (Å²) >= 11 is 0. The van der Waals surface area contributed by atoms with Crippen molar-refractivity contribution in [2.24, 2.45) is 0 Å². The maximum absolute atomic E-state index is 5.64. The Morgan fingerprint density at radius 3 is 3.20 bits per heavy atom. The van der Waals surface area contributed by atoms with Crippen LogP contribution in [0.1, 0.15) is 12.1 Å². The summed E-state index contributed by atoms with van der Waals surface area (Å²) < 4.78 is 12.7. The molecule has 0 aliphatic carbocycles. The average molecular weight is 211 g/mol. The molecule has 0 amide bonds. The smallest absolute Gasteiger partial charge is 0.145 e. The quantitative estimate of drug-likeness (QED) is 0.791. The van der Waals surface area contributed by atoms with Crippen LogP contribution in [0.15, 0.2) is 6.07 Å². The summed E-state index contributed by atoms with van der Waals surface area (Å²) in [4.78, 5) is 0. The largest absolute Gasteiger partial charge is 0.382 e. The Hall–Kier alpha value is -1.07. The summed E-state index contributed by atoms with van der Waals surface area (Å²) in [6.07, 6.45) is 1.26. The van der Waals surface area contributed by atoms with Crippen LogP contribution in [-0.4, -0.2) is 35.7 Å². The molecule has 2 rings (SSSR count). The first-order valence-corrected chi connectivity index (χ1v) is 5.25. The lowest BCUT2D eigenvalue weighted by Crippen LogP contribution is -2.17. The van der Waals surface area contributed by atoms with Crippen molar-refractivity contribution in [2.75, 3.05) is 25.6 Å². The number of rotatable bonds is 4. The van der Waals surface area contributed by atoms with E-state index in [-0.39, 0.29) is 6.10 Å². The van der Waals surface area contributed by atoms with Crippen LogP contribution in [-0.2, 0) is 16.0 Å². The van der Waals surface area contributed by atoms with E-state index in [1.165, 1.54) is 0 Å². The number of hydrogen-bond acceptors (Lipinski definition) is 4. The van der Waals surface area contributed by atoms with Crippen molar-refractivity contribution in [2.45, 2.75) is 26.0 Å². The summed E-state index contributed by atoms with van der Waals surface area (Å²) in [7, 11) is 0. The molecule has 0 spiro atoms. The minimum atomic E-state index is 0.262. The highest BCUT2D eigenvalue weighted by molar-refractivity contribution is 5.28. The molecule has 1 aromatic rings. The lowest BCUT2D eigenvalue weighted by Gasteiger charge is -2.10. The molecule has 1 fully saturated rings. The molecule has 0 bridgehead atoms. The molecule has 1 aromatic heterocycles. The monoisotopic (exact) mass is 211 g/mol. The van der Waals surface area contributed by atoms with E-state index in [0.717, 1.165) is 31.9 Å². The molecule has 1 aliphatic rings. The summed E-state index contributed by atoms with van der Waals surface area (Å²) in [5.74, 6) is 0.566. The van der Waals surface area contributed by atoms with Crippen LogP contribution in [0.4, 0.5) is 5.82 Å². The lowest BCUT2D eigenvalue weighted by atomic mass is 10.3. The molecule has 1 saturated heterocycles. The molecule has 0 saturated carbocycles. The second-order valence-corrected chi connectivity index (χ2v) is 3.79. The fraction of sp³-hybridized carbons (Fsp3) is 0.700. The number of nitrogens with two attached hydrogens (primary N) is 1. The molecule has 15 heavy (non-hydrogen) atoms. The highest BCUT2D eigenvalue weighted by Crippen LogP contribution is 2.09. The predicted molar refractivity (Wildman–Crippen MR) is 56.6 cm³/mol. The Morgan fingerprint density at radius 1 is 1.73 bits per heavy atom. The van der Waals surface area contributed by atoms with Gasteiger partial charge in [-0.1, -0.05) is 0 Å². The summed E-state index contributed by atoms with van der Waals surface area (Å²) in [5, 5.41) is 4.16. The van der Waals surface area contributed by atoms with Crippen molar-refractivity contribution in [1.29, 1.82) is 0 Å². The zero-order valence-corrected chi connectivity index (χ0v) is 8.98. The zero-order valence-electron chi connectivity index (χ0n) is 8.98. The molecule has 1 atom stereocenters. The topological polar surface area (TPSA) is 62.3 Å². The van der Waals surface area contributed by atoms with Crippen molar-refractivity contribution in [3.05, 3.63) is 11.8 Å². The van der Waals surface area contributed by atoms with Gasteiger partial charge in [0.05, 0.1) is 25.9 Å². The van der Waals surface area contributed by atoms with Gasteiger partial charge in [-0.3, -0.25) is 4.68 Å². The van der Waals surface area contributed by atoms with E-state index in [9.17, 15) is 0 Å². The number of aryl methyl sites for hydroxylation is 1. The molecule has 5 heteroatoms. The number of aromatic nitrogens is 2. The van der Waals surface area contributed by atoms with Gasteiger partial charge in [0.25, 0.3) is 0 Å². The van der Waals surface area contributed by atoms with Gasteiger partial charge in [-0.25, -0.2) is 0 Å². The molecule has 0 radical (unpaired) electrons. The standard InChI is InChI=1S/C10H17N3O2/c1-8-6-10(11)12-13(8)3-5-15-9-2-4-14-7-9/h6,9H,2-5,7H2,1H3,(H2,11,12). The minimum Gasteiger partial charge on any atom is -0.382 e. The normalized spacial score (nSPS) is 21.0. The highest BCUT2D eigenvalue weighted by Gasteiger charge is 2.15. The van der Waals surface area contributed by atoms with Crippen LogP contribution < -0.4 is 5.73 Å². The molecule has 5 nitrogen and oxygen atoms in total. The maximum Gasteiger partial charge on any atom is 0.145 e. The fourth-order valence-electron chi connectivity index (χ4n) is 1.71. The predicted octanol–water partition coefficient (Wildman–Crippen LogP) is 0.579. The molecule has 84 valence electrons. The molecule has 1 unspecified atom stereocenters. The summed E-state index contributed by atoms with van der Waals surface area (Å²) in [5.41, 5.74) is 6.65. The van der Waals surface area contributed by atoms with Gasteiger partial charge in [0.15, 0.2) is 0 Å². The molecular weight excluding hydrogens is 194 g/mol. The summed E-state index contributed by atoms with van der Waals surface area (Å²) in [6.45, 7) is 4.94. The number of nitrogen functional groups attached to an aromatic ring is 1. The van der Waals surface area contributed by atoms with Gasteiger partial charge in [-0.2, -0.15) is 5.10 Å². The number of anilines is 1. The van der Waals surface area contributed by atoms with E-state index in [1.807, 2.05) is 17.7 Å². The SMILES string of the molecule is Cc1cc(N)nn1CCOC1CCOC1. The maximum atomic E-state index is 5.64. The van der Waals surface area contributed by atoms with Crippen molar-refractivity contribution in [1.82, 2.24) is 9.78 Å². The van der Waals surface area contributed by atoms with Gasteiger partial charge in [0.2, 0.25) is 0 Å². The molecular formula is C10H17N3O2. The van der Waals surface area contributed by atoms with Gasteiger partial charge in [-0.05, 0) is 13.3 Å². The van der Waals surface area contributed by atoms with E-state index < -0.39 is 0 Å². The van der Waals surface area contributed by atoms with Gasteiger partial charge >= 0.3 is 0 Å². The number of nitrogens with zero attached hydrogens (tertiary/aromatic N) is 2. The van der Waals surface area contributed by atoms with Crippen LogP contribution >= 0.6 is 0 Å². The van der Waals surface area contributed by atoms with Gasteiger partial charge in [0, 0.05) is 18.4 Å². The van der Waals surface area contributed by atoms with E-state index in [1.54, 1.807) is 0 Å². The van der Waals surface area contributed by atoms with Crippen LogP contribution in [0.25, 0.3) is 0 Å². The molecule has 2 heterocycles. The van der Waals surface area contributed by atoms with Crippen LogP contribution in [0.3, 0.4) is 0 Å². The third kappa shape index (κ3) is 2.70. The van der Waals surface area contributed by atoms with E-state index in [0.29, 0.717) is 12.4 Å². The molecule has 0 aromatic carbocycles. The summed E-state index contributed by atoms with van der Waals surface area (Å²) in [6, 6.07) is 1.86. The Kier molecular flexibility index (Phi) is 3.23. The van der Waals surface area contributed by atoms with Crippen LogP contribution in [0.2, 0.25) is 0 Å². The number of ether oxygens (including phenoxy) is 2. The average Bonchev–Trinajstić information content (AvgIpc) is 2.77. The van der Waals surface area contributed by atoms with Crippen molar-refractivity contribution < 1.29 is 9.47 Å². The lowest BCUT2D eigenvalue weighted by molar-refractivity contribution is 0.0369. The Bertz CT molecular complexity index is 318. The van der Waals surface area contributed by atoms with Crippen molar-refractivity contribution in [3.8, 4) is 0 Å². The van der Waals surface area contributed by atoms with Gasteiger partial charge < -0.3 is 15.2 Å². The van der Waals surface area contributed by atoms with E-state index in [2.05, 4.69) is 5.10 Å². The Labute approximate surface area is 89.2 Å². The first-order chi connectivity index (χ1) is 7.25. The highest BCUT2D eigenvalue weighted by atomic mass is 16.5. The van der Waals surface area contributed by atoms with E-state index in [4.69, 9.17) is 15.2 Å². The number of hydrogen-bond donors (Lipinski definition) is 1. The molecule has 2 N–H and O–H groups in total. The van der Waals surface area contributed by atoms with Crippen molar-refractivity contribution in [3.63, 3.8) is 0 Å². The van der Waals surface area contributed by atoms with E-state index >= 15 is 0 Å². The van der Waals surface area contributed by atoms with Gasteiger partial charge in [0.1, 0.15) is 5.82 Å².